The summed E-state index contributed by atoms with van der Waals surface area (Å²) in [6, 6.07) is 5.61. The Morgan fingerprint density at radius 2 is 1.84 bits per heavy atom. The normalized spacial score (nSPS) is 23.3. The number of dihydropyridines is 1. The lowest BCUT2D eigenvalue weighted by Gasteiger charge is -2.38. The predicted molar refractivity (Wildman–Crippen MR) is 109 cm³/mol. The number of allylic oxidation sites excluding steroid dienone is 3. The number of nitrogens with one attached hydrogen (secondary N) is 1. The van der Waals surface area contributed by atoms with Crippen molar-refractivity contribution >= 4 is 17.7 Å². The van der Waals surface area contributed by atoms with Crippen molar-refractivity contribution in [1.29, 1.82) is 0 Å². The molecule has 0 spiro atoms. The number of hydrogen-bond acceptors (Lipinski definition) is 7. The molecule has 31 heavy (non-hydrogen) atoms. The number of carbonyl (C=O) groups is 3. The summed E-state index contributed by atoms with van der Waals surface area (Å²) in [5.74, 6) is -4.11. The van der Waals surface area contributed by atoms with Gasteiger partial charge in [-0.05, 0) is 37.0 Å². The lowest BCUT2D eigenvalue weighted by Crippen LogP contribution is -2.43. The fourth-order valence-corrected chi connectivity index (χ4v) is 4.24. The Hall–Kier alpha value is -3.00. The van der Waals surface area contributed by atoms with Crippen LogP contribution in [0.25, 0.3) is 0 Å². The van der Waals surface area contributed by atoms with Gasteiger partial charge in [-0.25, -0.2) is 9.18 Å². The minimum Gasteiger partial charge on any atom is -0.468 e. The topological polar surface area (TPSA) is 90.9 Å². The Morgan fingerprint density at radius 1 is 1.16 bits per heavy atom. The standard InChI is InChI=1S/C23H26FNO6/c1-12-11-16-20(21(26)17(12)22(27)30-4)19(14-5-7-15(24)8-6-14)18(13(2)25-16)23(28)31-10-9-29-3/h5-8,12,17,19,25H,9-11H2,1-4H3/t12-,17+,19-/m0/s1. The molecule has 0 saturated carbocycles. The van der Waals surface area contributed by atoms with Crippen molar-refractivity contribution in [1.82, 2.24) is 5.32 Å². The highest BCUT2D eigenvalue weighted by atomic mass is 19.1. The summed E-state index contributed by atoms with van der Waals surface area (Å²) in [6.45, 7) is 3.81. The number of carbonyl (C=O) groups excluding carboxylic acids is 3. The smallest absolute Gasteiger partial charge is 0.336 e. The van der Waals surface area contributed by atoms with Gasteiger partial charge in [-0.15, -0.1) is 0 Å². The van der Waals surface area contributed by atoms with Crippen molar-refractivity contribution in [3.8, 4) is 0 Å². The van der Waals surface area contributed by atoms with Crippen molar-refractivity contribution in [2.75, 3.05) is 27.4 Å². The molecular formula is C23H26FNO6. The van der Waals surface area contributed by atoms with Crippen LogP contribution in [0.3, 0.4) is 0 Å². The van der Waals surface area contributed by atoms with Gasteiger partial charge in [0.05, 0.1) is 19.3 Å². The van der Waals surface area contributed by atoms with E-state index < -0.39 is 35.4 Å². The molecule has 8 heteroatoms. The summed E-state index contributed by atoms with van der Waals surface area (Å²) < 4.78 is 28.7. The molecule has 1 aromatic rings. The van der Waals surface area contributed by atoms with Crippen molar-refractivity contribution < 1.29 is 33.0 Å². The molecule has 2 aliphatic rings. The van der Waals surface area contributed by atoms with Crippen LogP contribution in [0.4, 0.5) is 4.39 Å². The molecule has 0 radical (unpaired) electrons. The lowest BCUT2D eigenvalue weighted by molar-refractivity contribution is -0.151. The Bertz CT molecular complexity index is 949. The van der Waals surface area contributed by atoms with Gasteiger partial charge in [0.25, 0.3) is 0 Å². The van der Waals surface area contributed by atoms with E-state index in [1.54, 1.807) is 6.92 Å². The summed E-state index contributed by atoms with van der Waals surface area (Å²) in [7, 11) is 2.74. The zero-order valence-corrected chi connectivity index (χ0v) is 18.0. The van der Waals surface area contributed by atoms with E-state index in [2.05, 4.69) is 5.32 Å². The number of benzene rings is 1. The lowest BCUT2D eigenvalue weighted by atomic mass is 9.69. The van der Waals surface area contributed by atoms with E-state index in [0.717, 1.165) is 0 Å². The first-order chi connectivity index (χ1) is 14.8. The number of ketones is 1. The Kier molecular flexibility index (Phi) is 6.90. The quantitative estimate of drug-likeness (QED) is 0.421. The molecule has 1 N–H and O–H groups in total. The molecule has 0 fully saturated rings. The molecule has 0 saturated heterocycles. The van der Waals surface area contributed by atoms with Gasteiger partial charge in [-0.3, -0.25) is 9.59 Å². The number of hydrogen-bond donors (Lipinski definition) is 1. The van der Waals surface area contributed by atoms with Crippen molar-refractivity contribution in [2.24, 2.45) is 11.8 Å². The van der Waals surface area contributed by atoms with Crippen LogP contribution >= 0.6 is 0 Å². The average molecular weight is 431 g/mol. The molecule has 3 rings (SSSR count). The molecule has 1 aliphatic heterocycles. The average Bonchev–Trinajstić information content (AvgIpc) is 2.73. The summed E-state index contributed by atoms with van der Waals surface area (Å²) in [4.78, 5) is 38.8. The van der Waals surface area contributed by atoms with Gasteiger partial charge < -0.3 is 19.5 Å². The van der Waals surface area contributed by atoms with Gasteiger partial charge in [-0.1, -0.05) is 19.1 Å². The highest BCUT2D eigenvalue weighted by molar-refractivity contribution is 6.12. The maximum atomic E-state index is 13.6. The minimum absolute atomic E-state index is 0.0456. The Morgan fingerprint density at radius 3 is 2.45 bits per heavy atom. The van der Waals surface area contributed by atoms with E-state index in [9.17, 15) is 18.8 Å². The third kappa shape index (κ3) is 4.39. The Balaban J connectivity index is 2.11. The first kappa shape index (κ1) is 22.7. The molecule has 7 nitrogen and oxygen atoms in total. The van der Waals surface area contributed by atoms with Crippen LogP contribution in [0.15, 0.2) is 46.8 Å². The number of Topliss-reactive ketones (excluding diaryl/α,β-unsaturated/α-hetero) is 1. The maximum absolute atomic E-state index is 13.6. The minimum atomic E-state index is -0.974. The van der Waals surface area contributed by atoms with Gasteiger partial charge in [0.2, 0.25) is 0 Å². The number of rotatable bonds is 6. The van der Waals surface area contributed by atoms with E-state index in [0.29, 0.717) is 29.0 Å². The van der Waals surface area contributed by atoms with Crippen LogP contribution in [0.5, 0.6) is 0 Å². The molecule has 1 heterocycles. The highest BCUT2D eigenvalue weighted by Crippen LogP contribution is 2.45. The first-order valence-corrected chi connectivity index (χ1v) is 10.0. The van der Waals surface area contributed by atoms with E-state index in [4.69, 9.17) is 14.2 Å². The molecule has 0 unspecified atom stereocenters. The second kappa shape index (κ2) is 9.43. The number of halogens is 1. The van der Waals surface area contributed by atoms with Crippen LogP contribution in [-0.2, 0) is 28.6 Å². The monoisotopic (exact) mass is 431 g/mol. The summed E-state index contributed by atoms with van der Waals surface area (Å²) in [5, 5.41) is 3.17. The highest BCUT2D eigenvalue weighted by Gasteiger charge is 2.47. The Labute approximate surface area is 180 Å². The third-order valence-corrected chi connectivity index (χ3v) is 5.69. The third-order valence-electron chi connectivity index (χ3n) is 5.69. The van der Waals surface area contributed by atoms with Crippen LogP contribution in [0.1, 0.15) is 31.7 Å². The van der Waals surface area contributed by atoms with E-state index in [1.807, 2.05) is 6.92 Å². The van der Waals surface area contributed by atoms with Crippen molar-refractivity contribution in [3.63, 3.8) is 0 Å². The fraction of sp³-hybridized carbons (Fsp3) is 0.435. The molecule has 0 aromatic heterocycles. The zero-order valence-electron chi connectivity index (χ0n) is 18.0. The number of esters is 2. The SMILES string of the molecule is COCCOC(=O)C1=C(C)NC2=C(C(=O)[C@H](C(=O)OC)[C@@H](C)C2)[C@H]1c1ccc(F)cc1. The number of ether oxygens (including phenoxy) is 3. The van der Waals surface area contributed by atoms with Gasteiger partial charge in [0, 0.05) is 30.0 Å². The molecule has 0 amide bonds. The largest absolute Gasteiger partial charge is 0.468 e. The van der Waals surface area contributed by atoms with E-state index in [-0.39, 0.29) is 24.7 Å². The predicted octanol–water partition coefficient (Wildman–Crippen LogP) is 2.63. The first-order valence-electron chi connectivity index (χ1n) is 10.0. The van der Waals surface area contributed by atoms with Crippen LogP contribution in [0, 0.1) is 17.7 Å². The van der Waals surface area contributed by atoms with Gasteiger partial charge >= 0.3 is 11.9 Å². The molecule has 1 aromatic carbocycles. The second-order valence-corrected chi connectivity index (χ2v) is 7.72. The van der Waals surface area contributed by atoms with E-state index >= 15 is 0 Å². The summed E-state index contributed by atoms with van der Waals surface area (Å²) >= 11 is 0. The van der Waals surface area contributed by atoms with Gasteiger partial charge in [0.1, 0.15) is 18.3 Å². The van der Waals surface area contributed by atoms with Crippen molar-refractivity contribution in [3.05, 3.63) is 58.2 Å². The van der Waals surface area contributed by atoms with Crippen LogP contribution in [0.2, 0.25) is 0 Å². The molecule has 0 bridgehead atoms. The van der Waals surface area contributed by atoms with Crippen LogP contribution < -0.4 is 5.32 Å². The molecular weight excluding hydrogens is 405 g/mol. The molecule has 1 aliphatic carbocycles. The fourth-order valence-electron chi connectivity index (χ4n) is 4.24. The van der Waals surface area contributed by atoms with Crippen LogP contribution in [-0.4, -0.2) is 45.2 Å². The number of methoxy groups -OCH3 is 2. The van der Waals surface area contributed by atoms with E-state index in [1.165, 1.54) is 38.5 Å². The maximum Gasteiger partial charge on any atom is 0.336 e. The summed E-state index contributed by atoms with van der Waals surface area (Å²) in [6.07, 6.45) is 0.432. The second-order valence-electron chi connectivity index (χ2n) is 7.72. The van der Waals surface area contributed by atoms with Gasteiger partial charge in [0.15, 0.2) is 5.78 Å². The molecule has 3 atom stereocenters. The summed E-state index contributed by atoms with van der Waals surface area (Å²) in [5.41, 5.74) is 2.31. The van der Waals surface area contributed by atoms with Gasteiger partial charge in [-0.2, -0.15) is 0 Å². The molecule has 166 valence electrons. The van der Waals surface area contributed by atoms with Crippen molar-refractivity contribution in [2.45, 2.75) is 26.2 Å². The zero-order chi connectivity index (χ0) is 22.7.